The predicted octanol–water partition coefficient (Wildman–Crippen LogP) is 4.64. The van der Waals surface area contributed by atoms with Gasteiger partial charge in [0.1, 0.15) is 4.87 Å². The standard InChI is InChI=1S/C18H28B2N4S.C3H6/c1-8-15-23-17(9-2)21-19(5)22(7)20(6)24(25-18(23,3)4)16-13-11-10-12-14-16;1-3-2/h1,9-14,21H,15H2,2-7H3;3H,1H2,2H3/b17-9-;. The first-order valence-corrected chi connectivity index (χ1v) is 10.5. The van der Waals surface area contributed by atoms with E-state index < -0.39 is 0 Å². The molecule has 0 amide bonds. The zero-order valence-corrected chi connectivity index (χ0v) is 19.3. The van der Waals surface area contributed by atoms with Crippen molar-refractivity contribution in [2.75, 3.05) is 17.8 Å². The minimum absolute atomic E-state index is 0.169. The molecular formula is C21H34B2N4S. The molecule has 1 N–H and O–H groups in total. The summed E-state index contributed by atoms with van der Waals surface area (Å²) in [6.45, 7) is 17.1. The van der Waals surface area contributed by atoms with Crippen molar-refractivity contribution in [3.8, 4) is 12.3 Å². The van der Waals surface area contributed by atoms with E-state index in [-0.39, 0.29) is 18.8 Å². The van der Waals surface area contributed by atoms with Crippen LogP contribution >= 0.6 is 11.9 Å². The van der Waals surface area contributed by atoms with Crippen molar-refractivity contribution >= 4 is 31.6 Å². The fraction of sp³-hybridized carbons (Fsp3) is 0.429. The molecule has 1 aliphatic rings. The van der Waals surface area contributed by atoms with Crippen LogP contribution in [0.3, 0.4) is 0 Å². The van der Waals surface area contributed by atoms with Crippen LogP contribution in [0.1, 0.15) is 27.7 Å². The van der Waals surface area contributed by atoms with Crippen LogP contribution in [0, 0.1) is 12.3 Å². The summed E-state index contributed by atoms with van der Waals surface area (Å²) in [4.78, 5) is 2.05. The smallest absolute Gasteiger partial charge is 0.340 e. The Morgan fingerprint density at radius 1 is 1.25 bits per heavy atom. The topological polar surface area (TPSA) is 21.8 Å². The highest BCUT2D eigenvalue weighted by Gasteiger charge is 2.39. The van der Waals surface area contributed by atoms with E-state index in [2.05, 4.69) is 109 Å². The summed E-state index contributed by atoms with van der Waals surface area (Å²) in [5.74, 6) is 3.88. The number of nitrogens with one attached hydrogen (secondary N) is 1. The van der Waals surface area contributed by atoms with Crippen molar-refractivity contribution in [1.82, 2.24) is 14.8 Å². The molecule has 0 radical (unpaired) electrons. The molecule has 1 heterocycles. The quantitative estimate of drug-likeness (QED) is 0.340. The molecule has 0 aromatic heterocycles. The first-order valence-electron chi connectivity index (χ1n) is 9.69. The number of hydrogen-bond donors (Lipinski definition) is 1. The summed E-state index contributed by atoms with van der Waals surface area (Å²) in [5.41, 5.74) is 1.19. The second-order valence-corrected chi connectivity index (χ2v) is 8.76. The highest BCUT2D eigenvalue weighted by atomic mass is 32.2. The number of anilines is 1. The predicted molar refractivity (Wildman–Crippen MR) is 130 cm³/mol. The van der Waals surface area contributed by atoms with Gasteiger partial charge >= 0.3 is 14.0 Å². The highest BCUT2D eigenvalue weighted by molar-refractivity contribution is 8.03. The number of benzene rings is 1. The highest BCUT2D eigenvalue weighted by Crippen LogP contribution is 2.38. The molecule has 1 aromatic rings. The molecule has 2 rings (SSSR count). The Morgan fingerprint density at radius 2 is 1.82 bits per heavy atom. The first kappa shape index (κ1) is 24.1. The monoisotopic (exact) mass is 396 g/mol. The van der Waals surface area contributed by atoms with Gasteiger partial charge in [-0.3, -0.25) is 0 Å². The fourth-order valence-electron chi connectivity index (χ4n) is 2.99. The van der Waals surface area contributed by atoms with Crippen molar-refractivity contribution in [3.63, 3.8) is 0 Å². The van der Waals surface area contributed by atoms with E-state index in [0.29, 0.717) is 6.54 Å². The molecule has 0 atom stereocenters. The van der Waals surface area contributed by atoms with Gasteiger partial charge in [-0.1, -0.05) is 37.0 Å². The van der Waals surface area contributed by atoms with Gasteiger partial charge in [0.2, 0.25) is 0 Å². The van der Waals surface area contributed by atoms with Gasteiger partial charge < -0.3 is 19.1 Å². The lowest BCUT2D eigenvalue weighted by atomic mass is 9.63. The summed E-state index contributed by atoms with van der Waals surface area (Å²) in [7, 11) is 2.15. The molecule has 1 aromatic carbocycles. The van der Waals surface area contributed by atoms with E-state index in [4.69, 9.17) is 6.42 Å². The Hall–Kier alpha value is -1.90. The minimum atomic E-state index is -0.212. The molecule has 0 spiro atoms. The molecule has 150 valence electrons. The largest absolute Gasteiger partial charge is 0.402 e. The number of para-hydroxylation sites is 1. The van der Waals surface area contributed by atoms with Gasteiger partial charge in [0.05, 0.1) is 12.4 Å². The lowest BCUT2D eigenvalue weighted by Crippen LogP contribution is -2.56. The van der Waals surface area contributed by atoms with Gasteiger partial charge in [0.15, 0.2) is 0 Å². The molecule has 0 unspecified atom stereocenters. The summed E-state index contributed by atoms with van der Waals surface area (Å²) in [6.07, 6.45) is 9.54. The third-order valence-corrected chi connectivity index (χ3v) is 6.07. The molecule has 1 saturated heterocycles. The summed E-state index contributed by atoms with van der Waals surface area (Å²) < 4.78 is 4.71. The van der Waals surface area contributed by atoms with Crippen LogP contribution in [0.4, 0.5) is 5.69 Å². The summed E-state index contributed by atoms with van der Waals surface area (Å²) in [6, 6.07) is 10.5. The number of rotatable bonds is 2. The van der Waals surface area contributed by atoms with E-state index in [0.717, 1.165) is 5.82 Å². The third kappa shape index (κ3) is 6.05. The van der Waals surface area contributed by atoms with E-state index in [1.807, 2.05) is 18.9 Å². The van der Waals surface area contributed by atoms with E-state index >= 15 is 0 Å². The lowest BCUT2D eigenvalue weighted by Gasteiger charge is -2.43. The SMILES string of the molecule is C#CCN1/C(=C\C)NB(C)N(C)B(C)N(c2ccccc2)SC1(C)C.C=CC. The van der Waals surface area contributed by atoms with E-state index in [9.17, 15) is 0 Å². The number of nitrogens with zero attached hydrogens (tertiary/aromatic N) is 3. The zero-order chi connectivity index (χ0) is 21.3. The fourth-order valence-corrected chi connectivity index (χ4v) is 4.26. The Balaban J connectivity index is 0.00000122. The van der Waals surface area contributed by atoms with Gasteiger partial charge in [0, 0.05) is 5.69 Å². The third-order valence-electron chi connectivity index (χ3n) is 4.69. The van der Waals surface area contributed by atoms with Crippen LogP contribution < -0.4 is 9.44 Å². The number of allylic oxidation sites excluding steroid dienone is 2. The van der Waals surface area contributed by atoms with Crippen LogP contribution in [0.15, 0.2) is 54.9 Å². The maximum absolute atomic E-state index is 5.68. The van der Waals surface area contributed by atoms with Crippen LogP contribution in [-0.4, -0.2) is 42.1 Å². The van der Waals surface area contributed by atoms with Gasteiger partial charge in [-0.15, -0.1) is 13.0 Å². The molecule has 28 heavy (non-hydrogen) atoms. The van der Waals surface area contributed by atoms with E-state index in [1.165, 1.54) is 5.69 Å². The minimum Gasteiger partial charge on any atom is -0.402 e. The van der Waals surface area contributed by atoms with Gasteiger partial charge in [-0.2, -0.15) is 0 Å². The van der Waals surface area contributed by atoms with Gasteiger partial charge in [-0.25, -0.2) is 0 Å². The van der Waals surface area contributed by atoms with Crippen LogP contribution in [0.25, 0.3) is 0 Å². The van der Waals surface area contributed by atoms with Crippen LogP contribution in [0.2, 0.25) is 13.6 Å². The summed E-state index contributed by atoms with van der Waals surface area (Å²) in [5, 5.41) is 3.63. The zero-order valence-electron chi connectivity index (χ0n) is 18.4. The van der Waals surface area contributed by atoms with Crippen molar-refractivity contribution < 1.29 is 0 Å². The molecule has 0 aliphatic carbocycles. The van der Waals surface area contributed by atoms with Crippen molar-refractivity contribution in [3.05, 3.63) is 54.9 Å². The Morgan fingerprint density at radius 3 is 2.32 bits per heavy atom. The molecular weight excluding hydrogens is 362 g/mol. The Bertz CT molecular complexity index is 687. The number of hydrogen-bond acceptors (Lipinski definition) is 5. The van der Waals surface area contributed by atoms with Crippen molar-refractivity contribution in [2.24, 2.45) is 0 Å². The van der Waals surface area contributed by atoms with Crippen molar-refractivity contribution in [1.29, 1.82) is 0 Å². The maximum Gasteiger partial charge on any atom is 0.340 e. The molecule has 0 bridgehead atoms. The first-order chi connectivity index (χ1) is 13.2. The Labute approximate surface area is 177 Å². The number of terminal acetylenes is 1. The maximum atomic E-state index is 5.68. The Kier molecular flexibility index (Phi) is 9.64. The average molecular weight is 396 g/mol. The summed E-state index contributed by atoms with van der Waals surface area (Å²) >= 11 is 1.81. The van der Waals surface area contributed by atoms with Crippen LogP contribution in [-0.2, 0) is 0 Å². The normalized spacial score (nSPS) is 18.9. The molecule has 7 heteroatoms. The van der Waals surface area contributed by atoms with Gasteiger partial charge in [0.25, 0.3) is 0 Å². The molecule has 4 nitrogen and oxygen atoms in total. The molecule has 1 aliphatic heterocycles. The second-order valence-electron chi connectivity index (χ2n) is 7.19. The van der Waals surface area contributed by atoms with Gasteiger partial charge in [-0.05, 0) is 71.7 Å². The van der Waals surface area contributed by atoms with Crippen LogP contribution in [0.5, 0.6) is 0 Å². The van der Waals surface area contributed by atoms with E-state index in [1.54, 1.807) is 6.08 Å². The molecule has 0 saturated carbocycles. The second kappa shape index (κ2) is 11.2. The average Bonchev–Trinajstić information content (AvgIpc) is 2.70. The lowest BCUT2D eigenvalue weighted by molar-refractivity contribution is 0.273. The molecule has 1 fully saturated rings. The van der Waals surface area contributed by atoms with Crippen molar-refractivity contribution in [2.45, 2.75) is 46.2 Å².